The molecule has 0 bridgehead atoms. The van der Waals surface area contributed by atoms with Crippen molar-refractivity contribution >= 4 is 23.2 Å². The third kappa shape index (κ3) is 3.30. The molecule has 0 saturated carbocycles. The molecule has 124 valence electrons. The first kappa shape index (κ1) is 16.2. The van der Waals surface area contributed by atoms with Gasteiger partial charge in [0.05, 0.1) is 28.3 Å². The number of hydrogen-bond donors (Lipinski definition) is 1. The number of anilines is 1. The summed E-state index contributed by atoms with van der Waals surface area (Å²) in [6.45, 7) is 4.04. The molecule has 8 heteroatoms. The van der Waals surface area contributed by atoms with Gasteiger partial charge in [0.1, 0.15) is 12.5 Å². The van der Waals surface area contributed by atoms with Crippen molar-refractivity contribution in [3.05, 3.63) is 64.5 Å². The van der Waals surface area contributed by atoms with E-state index in [1.54, 1.807) is 28.7 Å². The second-order valence-electron chi connectivity index (χ2n) is 5.35. The smallest absolute Gasteiger partial charge is 0.255 e. The van der Waals surface area contributed by atoms with Gasteiger partial charge in [0, 0.05) is 11.8 Å². The van der Waals surface area contributed by atoms with Crippen LogP contribution in [0, 0.1) is 19.7 Å². The molecular formula is C16H15ClFN5O. The van der Waals surface area contributed by atoms with Crippen LogP contribution >= 0.6 is 11.6 Å². The molecule has 1 N–H and O–H groups in total. The molecule has 6 nitrogen and oxygen atoms in total. The summed E-state index contributed by atoms with van der Waals surface area (Å²) in [6.07, 6.45) is 3.24. The van der Waals surface area contributed by atoms with Crippen molar-refractivity contribution in [3.8, 4) is 0 Å². The van der Waals surface area contributed by atoms with Crippen LogP contribution in [0.5, 0.6) is 0 Å². The van der Waals surface area contributed by atoms with E-state index in [1.165, 1.54) is 24.3 Å². The zero-order chi connectivity index (χ0) is 17.3. The Morgan fingerprint density at radius 3 is 2.62 bits per heavy atom. The van der Waals surface area contributed by atoms with E-state index in [-0.39, 0.29) is 11.7 Å². The number of carbonyl (C=O) groups excluding carboxylic acids is 1. The van der Waals surface area contributed by atoms with Gasteiger partial charge in [0.15, 0.2) is 0 Å². The molecule has 0 fully saturated rings. The van der Waals surface area contributed by atoms with E-state index in [2.05, 4.69) is 15.5 Å². The van der Waals surface area contributed by atoms with Crippen molar-refractivity contribution in [3.63, 3.8) is 0 Å². The summed E-state index contributed by atoms with van der Waals surface area (Å²) in [5, 5.41) is 11.9. The van der Waals surface area contributed by atoms with Crippen molar-refractivity contribution < 1.29 is 9.18 Å². The number of aromatic nitrogens is 4. The van der Waals surface area contributed by atoms with E-state index >= 15 is 0 Å². The predicted molar refractivity (Wildman–Crippen MR) is 88.7 cm³/mol. The molecule has 2 aromatic heterocycles. The highest BCUT2D eigenvalue weighted by Gasteiger charge is 2.15. The van der Waals surface area contributed by atoms with Crippen molar-refractivity contribution in [2.75, 3.05) is 5.32 Å². The molecule has 0 spiro atoms. The molecule has 24 heavy (non-hydrogen) atoms. The average Bonchev–Trinajstić information content (AvgIpc) is 3.06. The molecule has 3 rings (SSSR count). The molecule has 0 radical (unpaired) electrons. The molecule has 0 aliphatic rings. The third-order valence-corrected chi connectivity index (χ3v) is 3.80. The predicted octanol–water partition coefficient (Wildman–Crippen LogP) is 3.25. The van der Waals surface area contributed by atoms with Crippen LogP contribution < -0.4 is 5.32 Å². The topological polar surface area (TPSA) is 64.7 Å². The Hall–Kier alpha value is -2.67. The zero-order valence-corrected chi connectivity index (χ0v) is 13.9. The number of amides is 1. The standard InChI is InChI=1S/C16H15ClFN5O/c1-10-15(20-16(24)12-3-5-14(18)6-4-12)11(2)23(21-10)9-22-8-13(17)7-19-22/h3-8H,9H2,1-2H3,(H,20,24). The molecule has 0 saturated heterocycles. The lowest BCUT2D eigenvalue weighted by Crippen LogP contribution is -2.14. The Bertz CT molecular complexity index is 885. The van der Waals surface area contributed by atoms with Gasteiger partial charge in [-0.05, 0) is 38.1 Å². The van der Waals surface area contributed by atoms with Crippen molar-refractivity contribution in [2.45, 2.75) is 20.5 Å². The molecule has 0 atom stereocenters. The van der Waals surface area contributed by atoms with Gasteiger partial charge in [-0.2, -0.15) is 10.2 Å². The van der Waals surface area contributed by atoms with Gasteiger partial charge in [-0.15, -0.1) is 0 Å². The van der Waals surface area contributed by atoms with E-state index < -0.39 is 0 Å². The Morgan fingerprint density at radius 1 is 1.29 bits per heavy atom. The van der Waals surface area contributed by atoms with Crippen LogP contribution in [-0.4, -0.2) is 25.5 Å². The summed E-state index contributed by atoms with van der Waals surface area (Å²) in [6, 6.07) is 5.37. The summed E-state index contributed by atoms with van der Waals surface area (Å²) in [7, 11) is 0. The zero-order valence-electron chi connectivity index (χ0n) is 13.1. The molecule has 3 aromatic rings. The van der Waals surface area contributed by atoms with Crippen LogP contribution in [0.15, 0.2) is 36.7 Å². The quantitative estimate of drug-likeness (QED) is 0.788. The van der Waals surface area contributed by atoms with Crippen LogP contribution in [0.3, 0.4) is 0 Å². The van der Waals surface area contributed by atoms with Gasteiger partial charge >= 0.3 is 0 Å². The van der Waals surface area contributed by atoms with Crippen molar-refractivity contribution in [1.82, 2.24) is 19.6 Å². The summed E-state index contributed by atoms with van der Waals surface area (Å²) >= 11 is 5.85. The lowest BCUT2D eigenvalue weighted by Gasteiger charge is -2.07. The Kier molecular flexibility index (Phi) is 4.35. The van der Waals surface area contributed by atoms with E-state index in [0.717, 1.165) is 5.69 Å². The summed E-state index contributed by atoms with van der Waals surface area (Å²) < 4.78 is 16.3. The largest absolute Gasteiger partial charge is 0.319 e. The van der Waals surface area contributed by atoms with Crippen molar-refractivity contribution in [1.29, 1.82) is 0 Å². The minimum Gasteiger partial charge on any atom is -0.319 e. The first-order valence-electron chi connectivity index (χ1n) is 7.23. The molecule has 2 heterocycles. The number of nitrogens with one attached hydrogen (secondary N) is 1. The number of halogens is 2. The number of hydrogen-bond acceptors (Lipinski definition) is 3. The summed E-state index contributed by atoms with van der Waals surface area (Å²) in [4.78, 5) is 12.3. The van der Waals surface area contributed by atoms with E-state index in [4.69, 9.17) is 11.6 Å². The Morgan fingerprint density at radius 2 is 2.00 bits per heavy atom. The fourth-order valence-corrected chi connectivity index (χ4v) is 2.51. The lowest BCUT2D eigenvalue weighted by molar-refractivity contribution is 0.102. The Balaban J connectivity index is 1.81. The first-order valence-corrected chi connectivity index (χ1v) is 7.60. The maximum atomic E-state index is 13.0. The molecule has 0 aliphatic heterocycles. The molecule has 1 amide bonds. The number of carbonyl (C=O) groups is 1. The van der Waals surface area contributed by atoms with E-state index in [1.807, 2.05) is 6.92 Å². The van der Waals surface area contributed by atoms with Crippen LogP contribution in [-0.2, 0) is 6.67 Å². The van der Waals surface area contributed by atoms with E-state index in [9.17, 15) is 9.18 Å². The summed E-state index contributed by atoms with van der Waals surface area (Å²) in [5.41, 5.74) is 2.47. The molecular weight excluding hydrogens is 333 g/mol. The molecule has 0 aliphatic carbocycles. The number of benzene rings is 1. The van der Waals surface area contributed by atoms with Crippen LogP contribution in [0.25, 0.3) is 0 Å². The minimum atomic E-state index is -0.385. The minimum absolute atomic E-state index is 0.317. The third-order valence-electron chi connectivity index (χ3n) is 3.61. The SMILES string of the molecule is Cc1nn(Cn2cc(Cl)cn2)c(C)c1NC(=O)c1ccc(F)cc1. The maximum absolute atomic E-state index is 13.0. The number of nitrogens with zero attached hydrogens (tertiary/aromatic N) is 4. The second kappa shape index (κ2) is 6.45. The highest BCUT2D eigenvalue weighted by atomic mass is 35.5. The first-order chi connectivity index (χ1) is 11.4. The Labute approximate surface area is 142 Å². The van der Waals surface area contributed by atoms with Crippen LogP contribution in [0.4, 0.5) is 10.1 Å². The van der Waals surface area contributed by atoms with Gasteiger partial charge in [0.2, 0.25) is 0 Å². The normalized spacial score (nSPS) is 10.8. The van der Waals surface area contributed by atoms with Gasteiger partial charge in [0.25, 0.3) is 5.91 Å². The second-order valence-corrected chi connectivity index (χ2v) is 5.78. The monoisotopic (exact) mass is 347 g/mol. The number of rotatable bonds is 4. The van der Waals surface area contributed by atoms with Crippen LogP contribution in [0.2, 0.25) is 5.02 Å². The summed E-state index contributed by atoms with van der Waals surface area (Å²) in [5.74, 6) is -0.701. The van der Waals surface area contributed by atoms with Gasteiger partial charge < -0.3 is 5.32 Å². The maximum Gasteiger partial charge on any atom is 0.255 e. The number of aryl methyl sites for hydroxylation is 1. The highest BCUT2D eigenvalue weighted by molar-refractivity contribution is 6.30. The van der Waals surface area contributed by atoms with Crippen molar-refractivity contribution in [2.24, 2.45) is 0 Å². The highest BCUT2D eigenvalue weighted by Crippen LogP contribution is 2.20. The van der Waals surface area contributed by atoms with Crippen LogP contribution in [0.1, 0.15) is 21.7 Å². The fourth-order valence-electron chi connectivity index (χ4n) is 2.36. The average molecular weight is 348 g/mol. The lowest BCUT2D eigenvalue weighted by atomic mass is 10.2. The molecule has 1 aromatic carbocycles. The van der Waals surface area contributed by atoms with Gasteiger partial charge in [-0.25, -0.2) is 13.8 Å². The van der Waals surface area contributed by atoms with Gasteiger partial charge in [-0.1, -0.05) is 11.6 Å². The van der Waals surface area contributed by atoms with Gasteiger partial charge in [-0.3, -0.25) is 4.79 Å². The fraction of sp³-hybridized carbons (Fsp3) is 0.188. The molecule has 0 unspecified atom stereocenters. The van der Waals surface area contributed by atoms with E-state index in [0.29, 0.717) is 28.6 Å².